The van der Waals surface area contributed by atoms with Crippen LogP contribution in [0.2, 0.25) is 0 Å². The summed E-state index contributed by atoms with van der Waals surface area (Å²) in [7, 11) is -4.64. The molecule has 0 radical (unpaired) electrons. The molecule has 1 N–H and O–H groups in total. The molecule has 0 spiro atoms. The normalized spacial score (nSPS) is 15.4. The van der Waals surface area contributed by atoms with Gasteiger partial charge in [0.25, 0.3) is 0 Å². The van der Waals surface area contributed by atoms with E-state index in [1.165, 1.54) is 19.9 Å². The zero-order valence-electron chi connectivity index (χ0n) is 23.8. The number of sulfonamides is 1. The van der Waals surface area contributed by atoms with Gasteiger partial charge in [0.15, 0.2) is 5.75 Å². The van der Waals surface area contributed by atoms with Crippen LogP contribution in [0.15, 0.2) is 66.2 Å². The molecule has 1 aliphatic rings. The van der Waals surface area contributed by atoms with Gasteiger partial charge in [-0.25, -0.2) is 17.8 Å². The summed E-state index contributed by atoms with van der Waals surface area (Å²) in [6.07, 6.45) is -7.96. The minimum absolute atomic E-state index is 0.0396. The van der Waals surface area contributed by atoms with Crippen molar-refractivity contribution >= 4 is 10.0 Å². The quantitative estimate of drug-likeness (QED) is 0.198. The minimum atomic E-state index is -4.87. The van der Waals surface area contributed by atoms with E-state index in [2.05, 4.69) is 9.82 Å². The van der Waals surface area contributed by atoms with Crippen LogP contribution in [-0.4, -0.2) is 54.3 Å². The Balaban J connectivity index is 1.46. The van der Waals surface area contributed by atoms with Crippen molar-refractivity contribution in [2.24, 2.45) is 0 Å². The van der Waals surface area contributed by atoms with Gasteiger partial charge in [-0.05, 0) is 56.5 Å². The summed E-state index contributed by atoms with van der Waals surface area (Å²) in [5, 5.41) is 4.57. The Morgan fingerprint density at radius 2 is 1.70 bits per heavy atom. The predicted octanol–water partition coefficient (Wildman–Crippen LogP) is 6.77. The maximum atomic E-state index is 12.9. The van der Waals surface area contributed by atoms with Gasteiger partial charge in [0, 0.05) is 43.4 Å². The molecule has 0 saturated carbocycles. The first-order valence-electron chi connectivity index (χ1n) is 13.5. The van der Waals surface area contributed by atoms with Gasteiger partial charge in [-0.1, -0.05) is 36.4 Å². The number of alkyl halides is 6. The maximum absolute atomic E-state index is 12.9. The lowest BCUT2D eigenvalue weighted by Crippen LogP contribution is -2.44. The number of nitrogens with one attached hydrogen (secondary N) is 1. The largest absolute Gasteiger partial charge is 0.439 e. The van der Waals surface area contributed by atoms with E-state index in [0.29, 0.717) is 48.1 Å². The Morgan fingerprint density at radius 3 is 2.28 bits per heavy atom. The maximum Gasteiger partial charge on any atom is 0.412 e. The lowest BCUT2D eigenvalue weighted by atomic mass is 9.93. The molecule has 7 nitrogen and oxygen atoms in total. The van der Waals surface area contributed by atoms with E-state index in [9.17, 15) is 34.8 Å². The standard InChI is InChI=1S/C29H32F6N4O3S/c1-4-39-26(42-24-10-8-20(9-11-24)18-38-14-12-22(13-15-38)29(33,34)35)17-25(36-39)21-6-5-7-23(16-21)27(2,3)37-43(40,41)19-28(30,31)32/h5-12,16-17,37H,4,13-15,18-19H2,1-3H3. The highest BCUT2D eigenvalue weighted by Gasteiger charge is 2.38. The lowest BCUT2D eigenvalue weighted by Gasteiger charge is -2.27. The molecule has 1 aromatic heterocycles. The fourth-order valence-corrected chi connectivity index (χ4v) is 6.17. The first kappa shape index (κ1) is 32.6. The molecule has 0 fully saturated rings. The number of nitrogens with zero attached hydrogens (tertiary/aromatic N) is 3. The third kappa shape index (κ3) is 8.83. The second kappa shape index (κ2) is 12.3. The summed E-state index contributed by atoms with van der Waals surface area (Å²) in [5.41, 5.74) is 0.669. The van der Waals surface area contributed by atoms with E-state index in [1.54, 1.807) is 47.1 Å². The first-order chi connectivity index (χ1) is 19.9. The van der Waals surface area contributed by atoms with Gasteiger partial charge in [0.05, 0.1) is 11.2 Å². The van der Waals surface area contributed by atoms with Crippen molar-refractivity contribution < 1.29 is 39.5 Å². The Morgan fingerprint density at radius 1 is 1.00 bits per heavy atom. The van der Waals surface area contributed by atoms with Crippen LogP contribution in [0, 0.1) is 0 Å². The number of halogens is 6. The molecule has 14 heteroatoms. The smallest absolute Gasteiger partial charge is 0.412 e. The lowest BCUT2D eigenvalue weighted by molar-refractivity contribution is -0.106. The molecule has 43 heavy (non-hydrogen) atoms. The molecular formula is C29H32F6N4O3S. The number of aromatic nitrogens is 2. The number of hydrogen-bond donors (Lipinski definition) is 1. The van der Waals surface area contributed by atoms with Crippen LogP contribution < -0.4 is 9.46 Å². The van der Waals surface area contributed by atoms with Gasteiger partial charge in [0.2, 0.25) is 15.9 Å². The van der Waals surface area contributed by atoms with Crippen molar-refractivity contribution in [2.75, 3.05) is 18.8 Å². The van der Waals surface area contributed by atoms with Crippen molar-refractivity contribution in [3.63, 3.8) is 0 Å². The number of rotatable bonds is 10. The van der Waals surface area contributed by atoms with Crippen LogP contribution in [0.3, 0.4) is 0 Å². The topological polar surface area (TPSA) is 76.5 Å². The number of aryl methyl sites for hydroxylation is 1. The molecule has 3 aromatic rings. The fourth-order valence-electron chi connectivity index (χ4n) is 4.77. The van der Waals surface area contributed by atoms with Crippen molar-refractivity contribution in [1.29, 1.82) is 0 Å². The average molecular weight is 631 g/mol. The highest BCUT2D eigenvalue weighted by atomic mass is 32.2. The second-order valence-corrected chi connectivity index (χ2v) is 12.5. The van der Waals surface area contributed by atoms with Crippen LogP contribution >= 0.6 is 0 Å². The Labute approximate surface area is 246 Å². The van der Waals surface area contributed by atoms with Gasteiger partial charge in [-0.3, -0.25) is 4.90 Å². The van der Waals surface area contributed by atoms with Crippen molar-refractivity contribution in [3.05, 3.63) is 77.4 Å². The highest BCUT2D eigenvalue weighted by Crippen LogP contribution is 2.32. The number of benzene rings is 2. The summed E-state index contributed by atoms with van der Waals surface area (Å²) in [5.74, 6) is -1.03. The van der Waals surface area contributed by atoms with Crippen molar-refractivity contribution in [1.82, 2.24) is 19.4 Å². The average Bonchev–Trinajstić information content (AvgIpc) is 3.30. The minimum Gasteiger partial charge on any atom is -0.439 e. The molecule has 0 unspecified atom stereocenters. The Kier molecular flexibility index (Phi) is 9.33. The van der Waals surface area contributed by atoms with Crippen LogP contribution in [0.25, 0.3) is 11.3 Å². The van der Waals surface area contributed by atoms with Crippen LogP contribution in [0.1, 0.15) is 38.3 Å². The summed E-state index contributed by atoms with van der Waals surface area (Å²) in [4.78, 5) is 1.93. The molecular weight excluding hydrogens is 598 g/mol. The van der Waals surface area contributed by atoms with Gasteiger partial charge in [0.1, 0.15) is 5.75 Å². The molecule has 1 aliphatic heterocycles. The summed E-state index contributed by atoms with van der Waals surface area (Å²) in [6.45, 7) is 6.34. The zero-order chi connectivity index (χ0) is 31.6. The molecule has 0 amide bonds. The van der Waals surface area contributed by atoms with E-state index >= 15 is 0 Å². The van der Waals surface area contributed by atoms with Crippen molar-refractivity contribution in [2.45, 2.75) is 58.2 Å². The van der Waals surface area contributed by atoms with E-state index in [1.807, 2.05) is 24.0 Å². The van der Waals surface area contributed by atoms with Crippen LogP contribution in [-0.2, 0) is 28.7 Å². The van der Waals surface area contributed by atoms with Gasteiger partial charge >= 0.3 is 12.4 Å². The summed E-state index contributed by atoms with van der Waals surface area (Å²) >= 11 is 0. The van der Waals surface area contributed by atoms with Gasteiger partial charge < -0.3 is 4.74 Å². The van der Waals surface area contributed by atoms with Crippen molar-refractivity contribution in [3.8, 4) is 22.9 Å². The van der Waals surface area contributed by atoms with E-state index in [4.69, 9.17) is 4.74 Å². The highest BCUT2D eigenvalue weighted by molar-refractivity contribution is 7.89. The number of hydrogen-bond acceptors (Lipinski definition) is 5. The van der Waals surface area contributed by atoms with E-state index < -0.39 is 39.2 Å². The van der Waals surface area contributed by atoms with E-state index in [0.717, 1.165) is 5.56 Å². The molecule has 0 saturated heterocycles. The molecule has 2 heterocycles. The molecule has 0 atom stereocenters. The third-order valence-corrected chi connectivity index (χ3v) is 8.42. The third-order valence-electron chi connectivity index (χ3n) is 6.90. The monoisotopic (exact) mass is 630 g/mol. The van der Waals surface area contributed by atoms with Gasteiger partial charge in [-0.2, -0.15) is 31.4 Å². The van der Waals surface area contributed by atoms with E-state index in [-0.39, 0.29) is 13.0 Å². The SMILES string of the molecule is CCn1nc(-c2cccc(C(C)(C)NS(=O)(=O)CC(F)(F)F)c2)cc1Oc1ccc(CN2CC=C(C(F)(F)F)CC2)cc1. The Bertz CT molecular complexity index is 1560. The first-order valence-corrected chi connectivity index (χ1v) is 15.1. The molecule has 0 bridgehead atoms. The molecule has 2 aromatic carbocycles. The van der Waals surface area contributed by atoms with Crippen LogP contribution in [0.5, 0.6) is 11.6 Å². The summed E-state index contributed by atoms with van der Waals surface area (Å²) in [6, 6.07) is 15.6. The molecule has 4 rings (SSSR count). The molecule has 0 aliphatic carbocycles. The zero-order valence-corrected chi connectivity index (χ0v) is 24.6. The molecule has 234 valence electrons. The van der Waals surface area contributed by atoms with Crippen LogP contribution in [0.4, 0.5) is 26.3 Å². The summed E-state index contributed by atoms with van der Waals surface area (Å²) < 4.78 is 111. The number of ether oxygens (including phenoxy) is 1. The predicted molar refractivity (Wildman–Crippen MR) is 150 cm³/mol. The second-order valence-electron chi connectivity index (χ2n) is 10.8. The van der Waals surface area contributed by atoms with Gasteiger partial charge in [-0.15, -0.1) is 0 Å². The fraction of sp³-hybridized carbons (Fsp3) is 0.414. The Hall–Kier alpha value is -3.36.